The van der Waals surface area contributed by atoms with Gasteiger partial charge in [0.05, 0.1) is 28.1 Å². The quantitative estimate of drug-likeness (QED) is 0.297. The van der Waals surface area contributed by atoms with Crippen LogP contribution in [0.15, 0.2) is 53.0 Å². The van der Waals surface area contributed by atoms with Gasteiger partial charge in [-0.3, -0.25) is 19.1 Å². The Kier molecular flexibility index (Phi) is 10.0. The zero-order valence-electron chi connectivity index (χ0n) is 27.2. The lowest BCUT2D eigenvalue weighted by molar-refractivity contribution is -0.141. The van der Waals surface area contributed by atoms with Crippen LogP contribution in [0.4, 0.5) is 0 Å². The summed E-state index contributed by atoms with van der Waals surface area (Å²) >= 11 is 4.90. The molecule has 4 aliphatic rings. The van der Waals surface area contributed by atoms with E-state index in [0.717, 1.165) is 52.4 Å². The second-order valence-electron chi connectivity index (χ2n) is 13.9. The fourth-order valence-electron chi connectivity index (χ4n) is 7.22. The fraction of sp³-hybridized carbons (Fsp3) is 0.543. The minimum atomic E-state index is -3.80. The summed E-state index contributed by atoms with van der Waals surface area (Å²) in [6, 6.07) is 14.3. The number of hydrogen-bond acceptors (Lipinski definition) is 9. The van der Waals surface area contributed by atoms with Crippen LogP contribution in [-0.2, 0) is 31.0 Å². The van der Waals surface area contributed by atoms with Gasteiger partial charge < -0.3 is 20.3 Å². The SMILES string of the molecule is O=C1N[C@]2(C(=O)NS(=O)(=O)C3CC3)C[C@H]2CCCCCCC[C@H](NCc2ccccc2)C(=O)N2C[C@H](Oc3nc4ccc(Br)cc4s3)C[C@@H]12. The highest BCUT2D eigenvalue weighted by molar-refractivity contribution is 9.10. The number of amides is 3. The maximum Gasteiger partial charge on any atom is 0.274 e. The number of benzene rings is 2. The molecule has 2 aliphatic carbocycles. The van der Waals surface area contributed by atoms with E-state index in [-0.39, 0.29) is 24.8 Å². The standard InChI is InChI=1S/C35H42BrN5O6S2/c36-24-13-16-27-30(17-24)48-34(38-27)47-25-18-29-31(42)39-35(33(44)40-49(45,46)26-14-15-26)19-23(35)11-7-2-1-3-8-12-28(32(43)41(29)21-25)37-20-22-9-5-4-6-10-22/h4-6,9-10,13,16-17,23,25-26,28-29,37H,1-3,7-8,11-12,14-15,18-21H2,(H,39,42)(H,40,44)/t23-,25-,28+,29+,35-/m1/s1. The summed E-state index contributed by atoms with van der Waals surface area (Å²) in [6.45, 7) is 0.683. The Morgan fingerprint density at radius 1 is 1.04 bits per heavy atom. The Labute approximate surface area is 299 Å². The second kappa shape index (κ2) is 14.3. The van der Waals surface area contributed by atoms with Crippen LogP contribution in [0.3, 0.4) is 0 Å². The first kappa shape index (κ1) is 34.4. The molecule has 0 spiro atoms. The number of carbonyl (C=O) groups excluding carboxylic acids is 3. The van der Waals surface area contributed by atoms with Gasteiger partial charge in [0.15, 0.2) is 0 Å². The molecule has 3 aromatic rings. The molecule has 5 atom stereocenters. The molecule has 14 heteroatoms. The first-order valence-electron chi connectivity index (χ1n) is 17.3. The van der Waals surface area contributed by atoms with Crippen molar-refractivity contribution in [2.75, 3.05) is 6.54 Å². The number of fused-ring (bicyclic) bond motifs is 3. The van der Waals surface area contributed by atoms with Crippen LogP contribution in [-0.4, -0.2) is 71.5 Å². The molecule has 4 fully saturated rings. The Bertz CT molecular complexity index is 1820. The van der Waals surface area contributed by atoms with E-state index in [0.29, 0.717) is 43.8 Å². The number of sulfonamides is 1. The summed E-state index contributed by atoms with van der Waals surface area (Å²) in [5.74, 6) is -1.50. The molecule has 0 radical (unpaired) electrons. The summed E-state index contributed by atoms with van der Waals surface area (Å²) in [5, 5.41) is 6.35. The molecule has 2 saturated carbocycles. The number of halogens is 1. The van der Waals surface area contributed by atoms with Gasteiger partial charge in [-0.05, 0) is 61.8 Å². The maximum atomic E-state index is 14.4. The normalized spacial score (nSPS) is 28.1. The number of thiazole rings is 1. The lowest BCUT2D eigenvalue weighted by Crippen LogP contribution is -2.58. The number of nitrogens with one attached hydrogen (secondary N) is 3. The van der Waals surface area contributed by atoms with Crippen LogP contribution in [0, 0.1) is 5.92 Å². The minimum Gasteiger partial charge on any atom is -0.465 e. The van der Waals surface area contributed by atoms with Gasteiger partial charge in [-0.25, -0.2) is 13.4 Å². The fourth-order valence-corrected chi connectivity index (χ4v) is 10.0. The average Bonchev–Trinajstić information content (AvgIpc) is 3.97. The number of nitrogens with zero attached hydrogens (tertiary/aromatic N) is 2. The number of ether oxygens (including phenoxy) is 1. The van der Waals surface area contributed by atoms with Gasteiger partial charge >= 0.3 is 0 Å². The molecule has 7 rings (SSSR count). The first-order valence-corrected chi connectivity index (χ1v) is 20.5. The van der Waals surface area contributed by atoms with E-state index in [1.165, 1.54) is 11.3 Å². The van der Waals surface area contributed by atoms with Gasteiger partial charge in [0.2, 0.25) is 21.8 Å². The highest BCUT2D eigenvalue weighted by Gasteiger charge is 2.62. The maximum absolute atomic E-state index is 14.4. The predicted octanol–water partition coefficient (Wildman–Crippen LogP) is 4.79. The number of aromatic nitrogens is 1. The van der Waals surface area contributed by atoms with E-state index in [9.17, 15) is 22.8 Å². The summed E-state index contributed by atoms with van der Waals surface area (Å²) < 4.78 is 36.1. The van der Waals surface area contributed by atoms with Crippen molar-refractivity contribution in [1.29, 1.82) is 0 Å². The summed E-state index contributed by atoms with van der Waals surface area (Å²) in [5.41, 5.74) is 0.529. The third-order valence-electron chi connectivity index (χ3n) is 10.2. The molecular formula is C35H42BrN5O6S2. The van der Waals surface area contributed by atoms with E-state index in [1.807, 2.05) is 48.5 Å². The predicted molar refractivity (Wildman–Crippen MR) is 190 cm³/mol. The average molecular weight is 773 g/mol. The number of hydrogen-bond donors (Lipinski definition) is 3. The van der Waals surface area contributed by atoms with Crippen molar-refractivity contribution in [2.45, 2.75) is 106 Å². The van der Waals surface area contributed by atoms with Crippen LogP contribution < -0.4 is 20.1 Å². The van der Waals surface area contributed by atoms with Crippen molar-refractivity contribution in [2.24, 2.45) is 5.92 Å². The molecule has 0 unspecified atom stereocenters. The van der Waals surface area contributed by atoms with E-state index in [1.54, 1.807) is 4.90 Å². The Balaban J connectivity index is 1.15. The molecule has 2 aliphatic heterocycles. The summed E-state index contributed by atoms with van der Waals surface area (Å²) in [4.78, 5) is 48.6. The first-order chi connectivity index (χ1) is 23.6. The van der Waals surface area contributed by atoms with Crippen LogP contribution in [0.1, 0.15) is 76.2 Å². The van der Waals surface area contributed by atoms with Gasteiger partial charge in [-0.15, -0.1) is 0 Å². The van der Waals surface area contributed by atoms with Crippen LogP contribution in [0.2, 0.25) is 0 Å². The van der Waals surface area contributed by atoms with Crippen LogP contribution in [0.25, 0.3) is 10.2 Å². The molecule has 49 heavy (non-hydrogen) atoms. The largest absolute Gasteiger partial charge is 0.465 e. The zero-order chi connectivity index (χ0) is 34.2. The van der Waals surface area contributed by atoms with Crippen LogP contribution in [0.5, 0.6) is 5.19 Å². The molecule has 3 heterocycles. The van der Waals surface area contributed by atoms with Gasteiger partial charge in [0.25, 0.3) is 11.1 Å². The molecule has 3 amide bonds. The van der Waals surface area contributed by atoms with Gasteiger partial charge in [-0.1, -0.05) is 89.7 Å². The minimum absolute atomic E-state index is 0.170. The molecule has 2 aromatic carbocycles. The molecule has 2 saturated heterocycles. The Morgan fingerprint density at radius 2 is 1.80 bits per heavy atom. The van der Waals surface area contributed by atoms with Gasteiger partial charge in [0.1, 0.15) is 17.7 Å². The zero-order valence-corrected chi connectivity index (χ0v) is 30.5. The van der Waals surface area contributed by atoms with Gasteiger partial charge in [-0.2, -0.15) is 0 Å². The van der Waals surface area contributed by atoms with Crippen LogP contribution >= 0.6 is 27.3 Å². The van der Waals surface area contributed by atoms with Crippen molar-refractivity contribution in [3.05, 3.63) is 58.6 Å². The number of carbonyl (C=O) groups is 3. The van der Waals surface area contributed by atoms with E-state index >= 15 is 0 Å². The Morgan fingerprint density at radius 3 is 2.57 bits per heavy atom. The molecule has 0 bridgehead atoms. The molecular weight excluding hydrogens is 730 g/mol. The molecule has 11 nitrogen and oxygen atoms in total. The third-order valence-corrected chi connectivity index (χ3v) is 13.5. The van der Waals surface area contributed by atoms with E-state index in [2.05, 4.69) is 36.3 Å². The van der Waals surface area contributed by atoms with Crippen molar-refractivity contribution in [3.63, 3.8) is 0 Å². The van der Waals surface area contributed by atoms with Crippen molar-refractivity contribution in [3.8, 4) is 5.19 Å². The molecule has 1 aromatic heterocycles. The molecule has 3 N–H and O–H groups in total. The van der Waals surface area contributed by atoms with Crippen molar-refractivity contribution in [1.82, 2.24) is 25.2 Å². The monoisotopic (exact) mass is 771 g/mol. The highest BCUT2D eigenvalue weighted by atomic mass is 79.9. The van der Waals surface area contributed by atoms with E-state index < -0.39 is 50.8 Å². The Hall–Kier alpha value is -3.07. The lowest BCUT2D eigenvalue weighted by Gasteiger charge is -2.30. The number of rotatable bonds is 8. The van der Waals surface area contributed by atoms with Crippen molar-refractivity contribution >= 4 is 65.2 Å². The topological polar surface area (TPSA) is 147 Å². The lowest BCUT2D eigenvalue weighted by atomic mass is 10.0. The third kappa shape index (κ3) is 7.82. The van der Waals surface area contributed by atoms with Gasteiger partial charge in [0, 0.05) is 17.4 Å². The van der Waals surface area contributed by atoms with E-state index in [4.69, 9.17) is 4.74 Å². The molecule has 262 valence electrons. The second-order valence-corrected chi connectivity index (χ2v) is 17.7. The summed E-state index contributed by atoms with van der Waals surface area (Å²) in [6.07, 6.45) is 7.13. The highest BCUT2D eigenvalue weighted by Crippen LogP contribution is 2.48. The summed E-state index contributed by atoms with van der Waals surface area (Å²) in [7, 11) is -3.80. The smallest absolute Gasteiger partial charge is 0.274 e. The van der Waals surface area contributed by atoms with Crippen molar-refractivity contribution < 1.29 is 27.5 Å².